The van der Waals surface area contributed by atoms with Crippen molar-refractivity contribution in [2.45, 2.75) is 71.4 Å². The van der Waals surface area contributed by atoms with Gasteiger partial charge < -0.3 is 10.2 Å². The maximum absolute atomic E-state index is 13.5. The summed E-state index contributed by atoms with van der Waals surface area (Å²) in [4.78, 5) is 12.6. The van der Waals surface area contributed by atoms with Crippen molar-refractivity contribution >= 4 is 17.5 Å². The van der Waals surface area contributed by atoms with Crippen LogP contribution in [0.3, 0.4) is 0 Å². The molecule has 2 aromatic rings. The van der Waals surface area contributed by atoms with Crippen LogP contribution in [0.1, 0.15) is 62.1 Å². The number of piperidine rings is 1. The van der Waals surface area contributed by atoms with Crippen molar-refractivity contribution in [2.24, 2.45) is 9.98 Å². The van der Waals surface area contributed by atoms with Crippen LogP contribution >= 0.6 is 0 Å². The number of likely N-dealkylation sites (tertiary alicyclic amines) is 1. The number of rotatable bonds is 3. The Labute approximate surface area is 185 Å². The molecule has 1 heterocycles. The summed E-state index contributed by atoms with van der Waals surface area (Å²) in [5.74, 6) is 1.37. The number of nitrogens with one attached hydrogen (secondary N) is 1. The fourth-order valence-electron chi connectivity index (χ4n) is 4.35. The first kappa shape index (κ1) is 21.5. The summed E-state index contributed by atoms with van der Waals surface area (Å²) in [7, 11) is 0. The Morgan fingerprint density at radius 3 is 2.29 bits per heavy atom. The Hall–Kier alpha value is -2.69. The van der Waals surface area contributed by atoms with Crippen molar-refractivity contribution in [1.29, 1.82) is 0 Å². The summed E-state index contributed by atoms with van der Waals surface area (Å²) in [5.41, 5.74) is 4.21. The third kappa shape index (κ3) is 5.15. The average molecular weight is 421 g/mol. The second-order valence-electron chi connectivity index (χ2n) is 8.91. The number of anilines is 1. The second-order valence-corrected chi connectivity index (χ2v) is 8.91. The van der Waals surface area contributed by atoms with Crippen molar-refractivity contribution in [3.05, 3.63) is 65.0 Å². The van der Waals surface area contributed by atoms with Crippen molar-refractivity contribution in [3.63, 3.8) is 0 Å². The highest BCUT2D eigenvalue weighted by Gasteiger charge is 2.25. The van der Waals surface area contributed by atoms with E-state index in [1.54, 1.807) is 12.1 Å². The SMILES string of the molecule is Cc1cccc(C)c1C(=NC(=NC1CCC1)N1CCCCC1C)Nc1ccc(F)cc1. The average Bonchev–Trinajstić information content (AvgIpc) is 2.71. The van der Waals surface area contributed by atoms with Gasteiger partial charge in [-0.1, -0.05) is 18.2 Å². The number of nitrogens with zero attached hydrogens (tertiary/aromatic N) is 3. The minimum atomic E-state index is -0.245. The van der Waals surface area contributed by atoms with E-state index in [2.05, 4.69) is 49.2 Å². The van der Waals surface area contributed by atoms with Gasteiger partial charge >= 0.3 is 0 Å². The molecule has 0 amide bonds. The predicted molar refractivity (Wildman–Crippen MR) is 128 cm³/mol. The third-order valence-electron chi connectivity index (χ3n) is 6.47. The smallest absolute Gasteiger partial charge is 0.223 e. The van der Waals surface area contributed by atoms with Gasteiger partial charge in [-0.05, 0) is 94.7 Å². The number of halogens is 1. The Balaban J connectivity index is 1.78. The molecule has 164 valence electrons. The lowest BCUT2D eigenvalue weighted by Crippen LogP contribution is -2.43. The first-order chi connectivity index (χ1) is 15.0. The molecule has 0 spiro atoms. The normalized spacial score (nSPS) is 20.5. The standard InChI is InChI=1S/C26H33FN4/c1-18-8-6-9-19(2)24(18)25(28-23-15-13-21(27)14-16-23)30-26(29-22-11-7-12-22)31-17-5-4-10-20(31)3/h6,8-9,13-16,20,22H,4-5,7,10-12,17H2,1-3H3,(H,28,29,30). The van der Waals surface area contributed by atoms with Crippen LogP contribution < -0.4 is 5.32 Å². The number of benzene rings is 2. The molecule has 4 nitrogen and oxygen atoms in total. The summed E-state index contributed by atoms with van der Waals surface area (Å²) in [6, 6.07) is 13.5. The van der Waals surface area contributed by atoms with Crippen LogP contribution in [0.25, 0.3) is 0 Å². The molecule has 5 heteroatoms. The van der Waals surface area contributed by atoms with Gasteiger partial charge in [0.2, 0.25) is 5.96 Å². The molecule has 1 N–H and O–H groups in total. The Kier molecular flexibility index (Phi) is 6.69. The van der Waals surface area contributed by atoms with Crippen molar-refractivity contribution in [2.75, 3.05) is 11.9 Å². The van der Waals surface area contributed by atoms with Crippen LogP contribution in [0.5, 0.6) is 0 Å². The maximum Gasteiger partial charge on any atom is 0.223 e. The minimum absolute atomic E-state index is 0.245. The van der Waals surface area contributed by atoms with Crippen molar-refractivity contribution in [3.8, 4) is 0 Å². The molecule has 2 fully saturated rings. The highest BCUT2D eigenvalue weighted by molar-refractivity contribution is 6.14. The Bertz CT molecular complexity index is 940. The molecule has 2 aliphatic rings. The molecule has 4 rings (SSSR count). The molecule has 1 atom stereocenters. The van der Waals surface area contributed by atoms with E-state index in [4.69, 9.17) is 9.98 Å². The van der Waals surface area contributed by atoms with Gasteiger partial charge in [0.25, 0.3) is 0 Å². The molecular weight excluding hydrogens is 387 g/mol. The van der Waals surface area contributed by atoms with E-state index in [0.717, 1.165) is 53.6 Å². The van der Waals surface area contributed by atoms with Gasteiger partial charge in [0.15, 0.2) is 0 Å². The van der Waals surface area contributed by atoms with Gasteiger partial charge in [0.1, 0.15) is 11.7 Å². The zero-order chi connectivity index (χ0) is 21.8. The second kappa shape index (κ2) is 9.63. The quantitative estimate of drug-likeness (QED) is 0.482. The molecule has 1 aliphatic carbocycles. The maximum atomic E-state index is 13.5. The number of amidine groups is 1. The van der Waals surface area contributed by atoms with E-state index in [0.29, 0.717) is 12.1 Å². The van der Waals surface area contributed by atoms with E-state index in [1.807, 2.05) is 0 Å². The molecule has 31 heavy (non-hydrogen) atoms. The molecule has 1 aliphatic heterocycles. The fraction of sp³-hybridized carbons (Fsp3) is 0.462. The highest BCUT2D eigenvalue weighted by atomic mass is 19.1. The molecule has 0 bridgehead atoms. The van der Waals surface area contributed by atoms with Crippen LogP contribution in [-0.2, 0) is 0 Å². The van der Waals surface area contributed by atoms with Gasteiger partial charge in [-0.3, -0.25) is 0 Å². The first-order valence-corrected chi connectivity index (χ1v) is 11.5. The monoisotopic (exact) mass is 420 g/mol. The van der Waals surface area contributed by atoms with E-state index < -0.39 is 0 Å². The zero-order valence-electron chi connectivity index (χ0n) is 18.9. The lowest BCUT2D eigenvalue weighted by atomic mass is 9.94. The zero-order valence-corrected chi connectivity index (χ0v) is 18.9. The Morgan fingerprint density at radius 1 is 0.968 bits per heavy atom. The molecule has 1 unspecified atom stereocenters. The van der Waals surface area contributed by atoms with Crippen LogP contribution in [0.15, 0.2) is 52.4 Å². The summed E-state index contributed by atoms with van der Waals surface area (Å²) in [5, 5.41) is 3.47. The van der Waals surface area contributed by atoms with E-state index in [9.17, 15) is 4.39 Å². The molecule has 1 saturated heterocycles. The molecule has 1 saturated carbocycles. The minimum Gasteiger partial charge on any atom is -0.340 e. The number of aryl methyl sites for hydroxylation is 2. The van der Waals surface area contributed by atoms with Crippen LogP contribution in [0, 0.1) is 19.7 Å². The van der Waals surface area contributed by atoms with Gasteiger partial charge in [0, 0.05) is 23.8 Å². The summed E-state index contributed by atoms with van der Waals surface area (Å²) in [6.07, 6.45) is 7.14. The fourth-order valence-corrected chi connectivity index (χ4v) is 4.35. The molecule has 0 aromatic heterocycles. The summed E-state index contributed by atoms with van der Waals surface area (Å²) in [6.45, 7) is 7.48. The number of aliphatic imine (C=N–C) groups is 2. The van der Waals surface area contributed by atoms with Crippen LogP contribution in [0.2, 0.25) is 0 Å². The number of guanidine groups is 1. The van der Waals surface area contributed by atoms with E-state index >= 15 is 0 Å². The number of hydrogen-bond acceptors (Lipinski definition) is 1. The summed E-state index contributed by atoms with van der Waals surface area (Å²) >= 11 is 0. The predicted octanol–water partition coefficient (Wildman–Crippen LogP) is 6.08. The molecule has 2 aromatic carbocycles. The molecular formula is C26H33FN4. The van der Waals surface area contributed by atoms with Crippen molar-refractivity contribution < 1.29 is 4.39 Å². The van der Waals surface area contributed by atoms with Crippen molar-refractivity contribution in [1.82, 2.24) is 4.90 Å². The Morgan fingerprint density at radius 2 is 1.68 bits per heavy atom. The third-order valence-corrected chi connectivity index (χ3v) is 6.47. The van der Waals surface area contributed by atoms with Gasteiger partial charge in [-0.15, -0.1) is 0 Å². The van der Waals surface area contributed by atoms with Gasteiger partial charge in [-0.25, -0.2) is 9.38 Å². The largest absolute Gasteiger partial charge is 0.340 e. The van der Waals surface area contributed by atoms with Crippen LogP contribution in [0.4, 0.5) is 10.1 Å². The first-order valence-electron chi connectivity index (χ1n) is 11.5. The lowest BCUT2D eigenvalue weighted by molar-refractivity contribution is 0.252. The van der Waals surface area contributed by atoms with E-state index in [-0.39, 0.29) is 5.82 Å². The topological polar surface area (TPSA) is 40.0 Å². The summed E-state index contributed by atoms with van der Waals surface area (Å²) < 4.78 is 13.5. The molecule has 0 radical (unpaired) electrons. The lowest BCUT2D eigenvalue weighted by Gasteiger charge is -2.35. The van der Waals surface area contributed by atoms with E-state index in [1.165, 1.54) is 37.8 Å². The van der Waals surface area contributed by atoms with Crippen LogP contribution in [-0.4, -0.2) is 35.3 Å². The highest BCUT2D eigenvalue weighted by Crippen LogP contribution is 2.25. The van der Waals surface area contributed by atoms with Gasteiger partial charge in [-0.2, -0.15) is 4.99 Å². The number of hydrogen-bond donors (Lipinski definition) is 1. The van der Waals surface area contributed by atoms with Gasteiger partial charge in [0.05, 0.1) is 6.04 Å².